The number of ether oxygens (including phenoxy) is 1. The lowest BCUT2D eigenvalue weighted by atomic mass is 10.2. The van der Waals surface area contributed by atoms with E-state index in [-0.39, 0.29) is 30.4 Å². The van der Waals surface area contributed by atoms with Gasteiger partial charge in [0.05, 0.1) is 24.1 Å². The third-order valence-electron chi connectivity index (χ3n) is 4.72. The Morgan fingerprint density at radius 2 is 1.59 bits per heavy atom. The molecule has 3 rings (SSSR count). The summed E-state index contributed by atoms with van der Waals surface area (Å²) < 4.78 is 31.4. The maximum absolute atomic E-state index is 12.6. The van der Waals surface area contributed by atoms with E-state index in [9.17, 15) is 18.0 Å². The van der Waals surface area contributed by atoms with E-state index in [1.165, 1.54) is 11.4 Å². The van der Waals surface area contributed by atoms with Crippen LogP contribution in [0, 0.1) is 0 Å². The molecule has 0 bridgehead atoms. The Morgan fingerprint density at radius 1 is 0.966 bits per heavy atom. The van der Waals surface area contributed by atoms with E-state index in [2.05, 4.69) is 10.1 Å². The van der Waals surface area contributed by atoms with Crippen molar-refractivity contribution in [3.63, 3.8) is 0 Å². The van der Waals surface area contributed by atoms with Gasteiger partial charge in [0.15, 0.2) is 0 Å². The van der Waals surface area contributed by atoms with Gasteiger partial charge in [0.25, 0.3) is 0 Å². The van der Waals surface area contributed by atoms with Crippen LogP contribution in [0.5, 0.6) is 0 Å². The number of amides is 1. The molecule has 1 heterocycles. The van der Waals surface area contributed by atoms with Crippen molar-refractivity contribution in [3.8, 4) is 0 Å². The third-order valence-corrected chi connectivity index (χ3v) is 6.63. The SMILES string of the molecule is COC(=O)c1ccc(NCC(=O)N2CCN(S(=O)(=O)c3ccccc3)CC2)cc1. The highest BCUT2D eigenvalue weighted by molar-refractivity contribution is 7.89. The first-order valence-electron chi connectivity index (χ1n) is 9.17. The van der Waals surface area contributed by atoms with Gasteiger partial charge in [-0.1, -0.05) is 18.2 Å². The largest absolute Gasteiger partial charge is 0.465 e. The van der Waals surface area contributed by atoms with Gasteiger partial charge >= 0.3 is 5.97 Å². The summed E-state index contributed by atoms with van der Waals surface area (Å²) in [5.74, 6) is -0.533. The highest BCUT2D eigenvalue weighted by Gasteiger charge is 2.29. The smallest absolute Gasteiger partial charge is 0.337 e. The molecule has 1 saturated heterocycles. The number of rotatable bonds is 6. The molecule has 0 aromatic heterocycles. The number of carbonyl (C=O) groups is 2. The summed E-state index contributed by atoms with van der Waals surface area (Å²) >= 11 is 0. The molecule has 154 valence electrons. The lowest BCUT2D eigenvalue weighted by Crippen LogP contribution is -2.51. The van der Waals surface area contributed by atoms with Crippen LogP contribution in [-0.4, -0.2) is 69.3 Å². The highest BCUT2D eigenvalue weighted by atomic mass is 32.2. The van der Waals surface area contributed by atoms with Crippen molar-refractivity contribution >= 4 is 27.6 Å². The molecular weight excluding hydrogens is 394 g/mol. The van der Waals surface area contributed by atoms with Crippen LogP contribution >= 0.6 is 0 Å². The minimum Gasteiger partial charge on any atom is -0.465 e. The average Bonchev–Trinajstić information content (AvgIpc) is 2.78. The zero-order valence-electron chi connectivity index (χ0n) is 16.1. The minimum absolute atomic E-state index is 0.0863. The van der Waals surface area contributed by atoms with Crippen LogP contribution in [0.15, 0.2) is 59.5 Å². The van der Waals surface area contributed by atoms with Crippen LogP contribution in [0.25, 0.3) is 0 Å². The quantitative estimate of drug-likeness (QED) is 0.714. The van der Waals surface area contributed by atoms with Crippen molar-refractivity contribution < 1.29 is 22.7 Å². The Morgan fingerprint density at radius 3 is 2.17 bits per heavy atom. The summed E-state index contributed by atoms with van der Waals surface area (Å²) in [5, 5.41) is 3.02. The lowest BCUT2D eigenvalue weighted by molar-refractivity contribution is -0.130. The number of esters is 1. The molecule has 0 unspecified atom stereocenters. The van der Waals surface area contributed by atoms with Gasteiger partial charge in [-0.25, -0.2) is 13.2 Å². The monoisotopic (exact) mass is 417 g/mol. The van der Waals surface area contributed by atoms with Crippen molar-refractivity contribution in [2.45, 2.75) is 4.90 Å². The molecule has 0 radical (unpaired) electrons. The first-order chi connectivity index (χ1) is 13.9. The first-order valence-corrected chi connectivity index (χ1v) is 10.6. The Kier molecular flexibility index (Phi) is 6.50. The van der Waals surface area contributed by atoms with E-state index < -0.39 is 16.0 Å². The van der Waals surface area contributed by atoms with Crippen LogP contribution < -0.4 is 5.32 Å². The predicted octanol–water partition coefficient (Wildman–Crippen LogP) is 1.42. The van der Waals surface area contributed by atoms with Crippen molar-refractivity contribution in [1.29, 1.82) is 0 Å². The number of piperazine rings is 1. The molecule has 1 amide bonds. The van der Waals surface area contributed by atoms with E-state index in [0.717, 1.165) is 0 Å². The molecule has 1 aliphatic heterocycles. The van der Waals surface area contributed by atoms with Gasteiger partial charge in [0.2, 0.25) is 15.9 Å². The Labute approximate surface area is 170 Å². The van der Waals surface area contributed by atoms with Crippen molar-refractivity contribution in [2.24, 2.45) is 0 Å². The number of hydrogen-bond donors (Lipinski definition) is 1. The molecule has 0 aliphatic carbocycles. The molecule has 1 fully saturated rings. The zero-order chi connectivity index (χ0) is 20.9. The molecule has 29 heavy (non-hydrogen) atoms. The van der Waals surface area contributed by atoms with Crippen LogP contribution in [0.1, 0.15) is 10.4 Å². The summed E-state index contributed by atoms with van der Waals surface area (Å²) in [5.41, 5.74) is 1.14. The number of sulfonamides is 1. The fraction of sp³-hybridized carbons (Fsp3) is 0.300. The average molecular weight is 417 g/mol. The number of nitrogens with one attached hydrogen (secondary N) is 1. The minimum atomic E-state index is -3.54. The van der Waals surface area contributed by atoms with Gasteiger partial charge in [0.1, 0.15) is 0 Å². The fourth-order valence-corrected chi connectivity index (χ4v) is 4.49. The molecule has 1 N–H and O–H groups in total. The van der Waals surface area contributed by atoms with Gasteiger partial charge < -0.3 is 15.0 Å². The maximum atomic E-state index is 12.6. The molecule has 0 saturated carbocycles. The lowest BCUT2D eigenvalue weighted by Gasteiger charge is -2.34. The highest BCUT2D eigenvalue weighted by Crippen LogP contribution is 2.17. The van der Waals surface area contributed by atoms with Crippen LogP contribution in [0.4, 0.5) is 5.69 Å². The zero-order valence-corrected chi connectivity index (χ0v) is 16.9. The summed E-state index contributed by atoms with van der Waals surface area (Å²) in [6, 6.07) is 14.9. The number of nitrogens with zero attached hydrogens (tertiary/aromatic N) is 2. The standard InChI is InChI=1S/C20H23N3O5S/c1-28-20(25)16-7-9-17(10-8-16)21-15-19(24)22-11-13-23(14-12-22)29(26,27)18-5-3-2-4-6-18/h2-10,21H,11-15H2,1H3. The molecule has 2 aromatic rings. The molecule has 2 aromatic carbocycles. The number of benzene rings is 2. The van der Waals surface area contributed by atoms with Gasteiger partial charge in [-0.15, -0.1) is 0 Å². The summed E-state index contributed by atoms with van der Waals surface area (Å²) in [6.45, 7) is 1.29. The second-order valence-corrected chi connectivity index (χ2v) is 8.46. The Hall–Kier alpha value is -2.91. The van der Waals surface area contributed by atoms with Crippen LogP contribution in [-0.2, 0) is 19.6 Å². The van der Waals surface area contributed by atoms with Crippen molar-refractivity contribution in [2.75, 3.05) is 45.2 Å². The Bertz CT molecular complexity index is 953. The number of hydrogen-bond acceptors (Lipinski definition) is 6. The van der Waals surface area contributed by atoms with Crippen molar-refractivity contribution in [3.05, 3.63) is 60.2 Å². The molecular formula is C20H23N3O5S. The summed E-state index contributed by atoms with van der Waals surface area (Å²) in [4.78, 5) is 25.8. The normalized spacial score (nSPS) is 15.0. The number of methoxy groups -OCH3 is 1. The molecule has 9 heteroatoms. The van der Waals surface area contributed by atoms with Gasteiger partial charge in [0, 0.05) is 31.9 Å². The van der Waals surface area contributed by atoms with Gasteiger partial charge in [-0.05, 0) is 36.4 Å². The van der Waals surface area contributed by atoms with Crippen molar-refractivity contribution in [1.82, 2.24) is 9.21 Å². The maximum Gasteiger partial charge on any atom is 0.337 e. The van der Waals surface area contributed by atoms with Gasteiger partial charge in [-0.2, -0.15) is 4.31 Å². The van der Waals surface area contributed by atoms with E-state index in [1.54, 1.807) is 59.5 Å². The Balaban J connectivity index is 1.51. The van der Waals surface area contributed by atoms with E-state index in [1.807, 2.05) is 0 Å². The second-order valence-electron chi connectivity index (χ2n) is 6.52. The second kappa shape index (κ2) is 9.06. The van der Waals surface area contributed by atoms with Crippen LogP contribution in [0.3, 0.4) is 0 Å². The molecule has 0 spiro atoms. The molecule has 8 nitrogen and oxygen atoms in total. The van der Waals surface area contributed by atoms with E-state index in [4.69, 9.17) is 0 Å². The van der Waals surface area contributed by atoms with E-state index >= 15 is 0 Å². The topological polar surface area (TPSA) is 96.0 Å². The third kappa shape index (κ3) is 4.93. The molecule has 0 atom stereocenters. The summed E-state index contributed by atoms with van der Waals surface area (Å²) in [6.07, 6.45) is 0. The van der Waals surface area contributed by atoms with Crippen LogP contribution in [0.2, 0.25) is 0 Å². The predicted molar refractivity (Wildman–Crippen MR) is 108 cm³/mol. The number of anilines is 1. The first kappa shape index (κ1) is 20.8. The van der Waals surface area contributed by atoms with E-state index in [0.29, 0.717) is 24.3 Å². The van der Waals surface area contributed by atoms with Gasteiger partial charge in [-0.3, -0.25) is 4.79 Å². The summed E-state index contributed by atoms with van der Waals surface area (Å²) in [7, 11) is -2.22. The number of carbonyl (C=O) groups excluding carboxylic acids is 2. The molecule has 1 aliphatic rings. The fourth-order valence-electron chi connectivity index (χ4n) is 3.05.